The molecule has 0 aliphatic carbocycles. The molecular formula is C15H12FNO3. The molecule has 0 unspecified atom stereocenters. The molecule has 0 saturated carbocycles. The first-order valence-electron chi connectivity index (χ1n) is 6.08. The maximum Gasteiger partial charge on any atom is 0.262 e. The fraction of sp³-hybridized carbons (Fsp3) is 0.133. The first-order valence-corrected chi connectivity index (χ1v) is 6.08. The van der Waals surface area contributed by atoms with Gasteiger partial charge >= 0.3 is 0 Å². The Morgan fingerprint density at radius 1 is 1.20 bits per heavy atom. The van der Waals surface area contributed by atoms with Crippen LogP contribution in [0.1, 0.15) is 0 Å². The van der Waals surface area contributed by atoms with Gasteiger partial charge in [0.15, 0.2) is 6.61 Å². The molecule has 102 valence electrons. The summed E-state index contributed by atoms with van der Waals surface area (Å²) in [6.07, 6.45) is 0. The van der Waals surface area contributed by atoms with Crippen molar-refractivity contribution in [3.63, 3.8) is 0 Å². The van der Waals surface area contributed by atoms with Crippen LogP contribution in [-0.4, -0.2) is 19.6 Å². The van der Waals surface area contributed by atoms with Crippen molar-refractivity contribution < 1.29 is 18.7 Å². The fourth-order valence-electron chi connectivity index (χ4n) is 2.16. The van der Waals surface area contributed by atoms with Gasteiger partial charge in [-0.1, -0.05) is 0 Å². The number of methoxy groups -OCH3 is 1. The van der Waals surface area contributed by atoms with Crippen molar-refractivity contribution >= 4 is 11.6 Å². The van der Waals surface area contributed by atoms with Crippen molar-refractivity contribution in [3.05, 3.63) is 42.2 Å². The van der Waals surface area contributed by atoms with Crippen LogP contribution in [-0.2, 0) is 4.79 Å². The molecule has 1 heterocycles. The molecule has 0 aromatic heterocycles. The molecule has 1 aliphatic heterocycles. The molecule has 5 heteroatoms. The molecule has 20 heavy (non-hydrogen) atoms. The first-order chi connectivity index (χ1) is 9.67. The van der Waals surface area contributed by atoms with E-state index in [1.54, 1.807) is 25.3 Å². The number of hydrogen-bond donors (Lipinski definition) is 1. The van der Waals surface area contributed by atoms with Crippen LogP contribution in [0.15, 0.2) is 36.4 Å². The van der Waals surface area contributed by atoms with Gasteiger partial charge in [0.1, 0.15) is 17.3 Å². The molecule has 2 aromatic rings. The van der Waals surface area contributed by atoms with E-state index in [2.05, 4.69) is 5.32 Å². The second-order valence-corrected chi connectivity index (χ2v) is 4.39. The highest BCUT2D eigenvalue weighted by Gasteiger charge is 2.18. The number of amides is 1. The van der Waals surface area contributed by atoms with Gasteiger partial charge in [0.2, 0.25) is 0 Å². The Hall–Kier alpha value is -2.56. The predicted molar refractivity (Wildman–Crippen MR) is 72.5 cm³/mol. The van der Waals surface area contributed by atoms with Crippen LogP contribution in [0.2, 0.25) is 0 Å². The summed E-state index contributed by atoms with van der Waals surface area (Å²) in [6.45, 7) is -0.116. The molecule has 0 radical (unpaired) electrons. The van der Waals surface area contributed by atoms with Gasteiger partial charge in [0.05, 0.1) is 12.8 Å². The van der Waals surface area contributed by atoms with Gasteiger partial charge in [0, 0.05) is 17.2 Å². The number of benzene rings is 2. The second-order valence-electron chi connectivity index (χ2n) is 4.39. The molecule has 0 spiro atoms. The van der Waals surface area contributed by atoms with Gasteiger partial charge in [-0.2, -0.15) is 0 Å². The van der Waals surface area contributed by atoms with Crippen molar-refractivity contribution in [2.75, 3.05) is 19.0 Å². The Morgan fingerprint density at radius 3 is 2.85 bits per heavy atom. The third-order valence-electron chi connectivity index (χ3n) is 3.09. The summed E-state index contributed by atoms with van der Waals surface area (Å²) in [5.74, 6) is 0.464. The minimum absolute atomic E-state index is 0.116. The fourth-order valence-corrected chi connectivity index (χ4v) is 2.16. The van der Waals surface area contributed by atoms with Crippen molar-refractivity contribution in [2.24, 2.45) is 0 Å². The van der Waals surface area contributed by atoms with E-state index in [9.17, 15) is 9.18 Å². The lowest BCUT2D eigenvalue weighted by Crippen LogP contribution is -2.22. The van der Waals surface area contributed by atoms with Gasteiger partial charge in [-0.05, 0) is 30.3 Å². The third kappa shape index (κ3) is 2.18. The number of carbonyl (C=O) groups excluding carboxylic acids is 1. The summed E-state index contributed by atoms with van der Waals surface area (Å²) >= 11 is 0. The highest BCUT2D eigenvalue weighted by Crippen LogP contribution is 2.38. The van der Waals surface area contributed by atoms with E-state index in [1.807, 2.05) is 0 Å². The zero-order valence-electron chi connectivity index (χ0n) is 10.8. The molecule has 2 aromatic carbocycles. The molecule has 1 N–H and O–H groups in total. The van der Waals surface area contributed by atoms with Crippen LogP contribution in [0, 0.1) is 5.82 Å². The van der Waals surface area contributed by atoms with Crippen molar-refractivity contribution in [1.82, 2.24) is 0 Å². The Kier molecular flexibility index (Phi) is 3.02. The summed E-state index contributed by atoms with van der Waals surface area (Å²) in [6, 6.07) is 9.44. The van der Waals surface area contributed by atoms with Gasteiger partial charge in [0.25, 0.3) is 5.91 Å². The molecule has 1 aliphatic rings. The number of fused-ring (bicyclic) bond motifs is 3. The Bertz CT molecular complexity index is 685. The lowest BCUT2D eigenvalue weighted by atomic mass is 10.0. The zero-order valence-corrected chi connectivity index (χ0v) is 10.8. The normalized spacial score (nSPS) is 13.2. The van der Waals surface area contributed by atoms with Crippen molar-refractivity contribution in [2.45, 2.75) is 0 Å². The summed E-state index contributed by atoms with van der Waals surface area (Å²) in [4.78, 5) is 11.7. The summed E-state index contributed by atoms with van der Waals surface area (Å²) < 4.78 is 24.0. The van der Waals surface area contributed by atoms with E-state index in [4.69, 9.17) is 9.47 Å². The topological polar surface area (TPSA) is 47.6 Å². The lowest BCUT2D eigenvalue weighted by Gasteiger charge is -2.19. The number of halogens is 1. The van der Waals surface area contributed by atoms with Gasteiger partial charge < -0.3 is 14.8 Å². The van der Waals surface area contributed by atoms with E-state index >= 15 is 0 Å². The Morgan fingerprint density at radius 2 is 2.05 bits per heavy atom. The largest absolute Gasteiger partial charge is 0.497 e. The summed E-state index contributed by atoms with van der Waals surface area (Å²) in [5, 5.41) is 2.73. The molecule has 4 nitrogen and oxygen atoms in total. The van der Waals surface area contributed by atoms with Crippen LogP contribution in [0.25, 0.3) is 11.1 Å². The van der Waals surface area contributed by atoms with E-state index < -0.39 is 0 Å². The van der Waals surface area contributed by atoms with E-state index in [-0.39, 0.29) is 18.3 Å². The number of hydrogen-bond acceptors (Lipinski definition) is 3. The van der Waals surface area contributed by atoms with Gasteiger partial charge in [-0.15, -0.1) is 0 Å². The summed E-state index contributed by atoms with van der Waals surface area (Å²) in [7, 11) is 1.54. The molecule has 0 saturated heterocycles. The maximum atomic E-state index is 13.5. The average molecular weight is 273 g/mol. The second kappa shape index (κ2) is 4.85. The quantitative estimate of drug-likeness (QED) is 0.869. The highest BCUT2D eigenvalue weighted by molar-refractivity contribution is 5.98. The highest BCUT2D eigenvalue weighted by atomic mass is 19.1. The van der Waals surface area contributed by atoms with Gasteiger partial charge in [-0.3, -0.25) is 4.79 Å². The molecule has 0 atom stereocenters. The standard InChI is InChI=1S/C15H12FNO3/c1-19-10-3-4-11-12-6-9(16)2-5-14(12)20-8-15(18)17-13(11)7-10/h2-7H,8H2,1H3,(H,17,18). The third-order valence-corrected chi connectivity index (χ3v) is 3.09. The van der Waals surface area contributed by atoms with E-state index in [0.717, 1.165) is 0 Å². The number of nitrogens with one attached hydrogen (secondary N) is 1. The van der Waals surface area contributed by atoms with Crippen LogP contribution >= 0.6 is 0 Å². The monoisotopic (exact) mass is 273 g/mol. The smallest absolute Gasteiger partial charge is 0.262 e. The average Bonchev–Trinajstić information content (AvgIpc) is 2.44. The van der Waals surface area contributed by atoms with Crippen molar-refractivity contribution in [1.29, 1.82) is 0 Å². The van der Waals surface area contributed by atoms with E-state index in [0.29, 0.717) is 28.3 Å². The minimum Gasteiger partial charge on any atom is -0.497 e. The SMILES string of the molecule is COc1ccc2c(c1)NC(=O)COc1ccc(F)cc1-2. The van der Waals surface area contributed by atoms with Crippen LogP contribution in [0.3, 0.4) is 0 Å². The molecule has 3 rings (SSSR count). The van der Waals surface area contributed by atoms with Crippen LogP contribution < -0.4 is 14.8 Å². The minimum atomic E-state index is -0.360. The first kappa shape index (κ1) is 12.5. The number of anilines is 1. The lowest BCUT2D eigenvalue weighted by molar-refractivity contribution is -0.118. The zero-order chi connectivity index (χ0) is 14.1. The Labute approximate surface area is 115 Å². The maximum absolute atomic E-state index is 13.5. The number of ether oxygens (including phenoxy) is 2. The molecule has 1 amide bonds. The molecular weight excluding hydrogens is 261 g/mol. The summed E-state index contributed by atoms with van der Waals surface area (Å²) in [5.41, 5.74) is 1.86. The number of rotatable bonds is 1. The molecule has 0 fully saturated rings. The van der Waals surface area contributed by atoms with Crippen LogP contribution in [0.5, 0.6) is 11.5 Å². The predicted octanol–water partition coefficient (Wildman–Crippen LogP) is 2.83. The van der Waals surface area contributed by atoms with Gasteiger partial charge in [-0.25, -0.2) is 4.39 Å². The Balaban J connectivity index is 2.22. The van der Waals surface area contributed by atoms with Crippen molar-refractivity contribution in [3.8, 4) is 22.6 Å². The number of carbonyl (C=O) groups is 1. The molecule has 0 bridgehead atoms. The van der Waals surface area contributed by atoms with Crippen LogP contribution in [0.4, 0.5) is 10.1 Å². The van der Waals surface area contributed by atoms with E-state index in [1.165, 1.54) is 18.2 Å².